The number of hydrogen-bond acceptors (Lipinski definition) is 4. The summed E-state index contributed by atoms with van der Waals surface area (Å²) < 4.78 is 1.41. The number of aliphatic hydroxyl groups excluding tert-OH is 1. The lowest BCUT2D eigenvalue weighted by atomic mass is 9.92. The minimum atomic E-state index is -0.546. The highest BCUT2D eigenvalue weighted by molar-refractivity contribution is 5.11. The molecule has 2 N–H and O–H groups in total. The normalized spacial score (nSPS) is 25.2. The molecular formula is C12H19N3O2. The summed E-state index contributed by atoms with van der Waals surface area (Å²) >= 11 is 0. The Morgan fingerprint density at radius 3 is 2.65 bits per heavy atom. The van der Waals surface area contributed by atoms with Crippen molar-refractivity contribution in [3.63, 3.8) is 0 Å². The molecule has 0 aliphatic carbocycles. The summed E-state index contributed by atoms with van der Waals surface area (Å²) in [5, 5.41) is 17.2. The fraction of sp³-hybridized carbons (Fsp3) is 0.667. The molecule has 5 heteroatoms. The molecule has 2 unspecified atom stereocenters. The molecule has 94 valence electrons. The van der Waals surface area contributed by atoms with Crippen LogP contribution < -0.4 is 10.9 Å². The summed E-state index contributed by atoms with van der Waals surface area (Å²) in [5.74, 6) is 0. The van der Waals surface area contributed by atoms with E-state index in [4.69, 9.17) is 0 Å². The van der Waals surface area contributed by atoms with E-state index >= 15 is 0 Å². The molecule has 1 fully saturated rings. The standard InChI is InChI=1S/C12H19N3O2/c1-12(2,3)10-4-5-11(17)15(14-10)8-6-13-7-9(8)16/h4-5,8-9,13,16H,6-7H2,1-3H3. The molecule has 0 aromatic carbocycles. The van der Waals surface area contributed by atoms with Crippen molar-refractivity contribution in [3.8, 4) is 0 Å². The number of aromatic nitrogens is 2. The van der Waals surface area contributed by atoms with Gasteiger partial charge in [0, 0.05) is 24.6 Å². The van der Waals surface area contributed by atoms with E-state index in [9.17, 15) is 9.90 Å². The Morgan fingerprint density at radius 2 is 2.12 bits per heavy atom. The summed E-state index contributed by atoms with van der Waals surface area (Å²) in [6.07, 6.45) is -0.546. The summed E-state index contributed by atoms with van der Waals surface area (Å²) in [4.78, 5) is 11.8. The second-order valence-corrected chi connectivity index (χ2v) is 5.54. The molecule has 0 bridgehead atoms. The van der Waals surface area contributed by atoms with Crippen molar-refractivity contribution < 1.29 is 5.11 Å². The zero-order valence-corrected chi connectivity index (χ0v) is 10.5. The van der Waals surface area contributed by atoms with Crippen LogP contribution in [0, 0.1) is 0 Å². The van der Waals surface area contributed by atoms with Gasteiger partial charge >= 0.3 is 0 Å². The van der Waals surface area contributed by atoms with Crippen LogP contribution in [-0.2, 0) is 5.41 Å². The van der Waals surface area contributed by atoms with Gasteiger partial charge in [-0.25, -0.2) is 4.68 Å². The van der Waals surface area contributed by atoms with E-state index in [0.717, 1.165) is 5.69 Å². The first-order valence-electron chi connectivity index (χ1n) is 5.89. The van der Waals surface area contributed by atoms with Crippen LogP contribution >= 0.6 is 0 Å². The molecule has 1 aliphatic rings. The van der Waals surface area contributed by atoms with Crippen molar-refractivity contribution >= 4 is 0 Å². The van der Waals surface area contributed by atoms with Crippen molar-refractivity contribution in [1.82, 2.24) is 15.1 Å². The van der Waals surface area contributed by atoms with E-state index < -0.39 is 6.10 Å². The lowest BCUT2D eigenvalue weighted by molar-refractivity contribution is 0.141. The van der Waals surface area contributed by atoms with Crippen molar-refractivity contribution in [2.45, 2.75) is 38.3 Å². The molecule has 2 heterocycles. The van der Waals surface area contributed by atoms with Crippen molar-refractivity contribution in [3.05, 3.63) is 28.2 Å². The third-order valence-electron chi connectivity index (χ3n) is 3.06. The van der Waals surface area contributed by atoms with Gasteiger partial charge in [0.1, 0.15) is 0 Å². The Kier molecular flexibility index (Phi) is 3.05. The molecular weight excluding hydrogens is 218 g/mol. The Hall–Kier alpha value is -1.20. The summed E-state index contributed by atoms with van der Waals surface area (Å²) in [6.45, 7) is 7.24. The van der Waals surface area contributed by atoms with Crippen molar-refractivity contribution in [1.29, 1.82) is 0 Å². The van der Waals surface area contributed by atoms with Crippen molar-refractivity contribution in [2.75, 3.05) is 13.1 Å². The predicted molar refractivity (Wildman–Crippen MR) is 65.1 cm³/mol. The van der Waals surface area contributed by atoms with Crippen LogP contribution in [0.15, 0.2) is 16.9 Å². The summed E-state index contributed by atoms with van der Waals surface area (Å²) in [6, 6.07) is 3.02. The monoisotopic (exact) mass is 237 g/mol. The molecule has 2 atom stereocenters. The van der Waals surface area contributed by atoms with E-state index in [1.165, 1.54) is 10.7 Å². The minimum absolute atomic E-state index is 0.105. The first-order chi connectivity index (χ1) is 7.89. The van der Waals surface area contributed by atoms with Gasteiger partial charge in [-0.15, -0.1) is 0 Å². The predicted octanol–water partition coefficient (Wildman–Crippen LogP) is 0.0460. The van der Waals surface area contributed by atoms with Gasteiger partial charge in [-0.1, -0.05) is 20.8 Å². The van der Waals surface area contributed by atoms with Crippen molar-refractivity contribution in [2.24, 2.45) is 0 Å². The molecule has 0 radical (unpaired) electrons. The maximum Gasteiger partial charge on any atom is 0.267 e. The molecule has 0 amide bonds. The fourth-order valence-electron chi connectivity index (χ4n) is 1.96. The maximum absolute atomic E-state index is 11.8. The van der Waals surface area contributed by atoms with Crippen LogP contribution in [-0.4, -0.2) is 34.1 Å². The number of nitrogens with one attached hydrogen (secondary N) is 1. The van der Waals surface area contributed by atoms with Gasteiger partial charge in [-0.2, -0.15) is 5.10 Å². The molecule has 5 nitrogen and oxygen atoms in total. The zero-order valence-electron chi connectivity index (χ0n) is 10.5. The highest BCUT2D eigenvalue weighted by Crippen LogP contribution is 2.20. The Morgan fingerprint density at radius 1 is 1.41 bits per heavy atom. The molecule has 1 saturated heterocycles. The average molecular weight is 237 g/mol. The van der Waals surface area contributed by atoms with Crippen LogP contribution in [0.25, 0.3) is 0 Å². The zero-order chi connectivity index (χ0) is 12.6. The van der Waals surface area contributed by atoms with Gasteiger partial charge in [0.15, 0.2) is 0 Å². The van der Waals surface area contributed by atoms with E-state index in [-0.39, 0.29) is 17.0 Å². The second-order valence-electron chi connectivity index (χ2n) is 5.54. The second kappa shape index (κ2) is 4.23. The number of nitrogens with zero attached hydrogens (tertiary/aromatic N) is 2. The Balaban J connectivity index is 2.43. The third kappa shape index (κ3) is 2.40. The van der Waals surface area contributed by atoms with Crippen LogP contribution in [0.2, 0.25) is 0 Å². The first-order valence-corrected chi connectivity index (χ1v) is 5.89. The molecule has 2 rings (SSSR count). The van der Waals surface area contributed by atoms with Gasteiger partial charge in [0.05, 0.1) is 17.8 Å². The highest BCUT2D eigenvalue weighted by Gasteiger charge is 2.29. The number of rotatable bonds is 1. The lowest BCUT2D eigenvalue weighted by Crippen LogP contribution is -2.35. The topological polar surface area (TPSA) is 67.2 Å². The molecule has 0 saturated carbocycles. The molecule has 1 aliphatic heterocycles. The summed E-state index contributed by atoms with van der Waals surface area (Å²) in [7, 11) is 0. The molecule has 17 heavy (non-hydrogen) atoms. The highest BCUT2D eigenvalue weighted by atomic mass is 16.3. The van der Waals surface area contributed by atoms with Gasteiger partial charge in [-0.3, -0.25) is 4.79 Å². The first kappa shape index (κ1) is 12.3. The Labute approximate surface area is 100 Å². The van der Waals surface area contributed by atoms with Gasteiger partial charge in [-0.05, 0) is 6.07 Å². The SMILES string of the molecule is CC(C)(C)c1ccc(=O)n(C2CNCC2O)n1. The van der Waals surface area contributed by atoms with Crippen LogP contribution in [0.5, 0.6) is 0 Å². The Bertz CT molecular complexity index is 462. The number of aliphatic hydroxyl groups is 1. The maximum atomic E-state index is 11.8. The van der Waals surface area contributed by atoms with Crippen LogP contribution in [0.4, 0.5) is 0 Å². The third-order valence-corrected chi connectivity index (χ3v) is 3.06. The minimum Gasteiger partial charge on any atom is -0.390 e. The van der Waals surface area contributed by atoms with Gasteiger partial charge < -0.3 is 10.4 Å². The molecule has 0 spiro atoms. The quantitative estimate of drug-likeness (QED) is 0.724. The molecule has 1 aromatic heterocycles. The van der Waals surface area contributed by atoms with Gasteiger partial charge in [0.2, 0.25) is 0 Å². The number of hydrogen-bond donors (Lipinski definition) is 2. The van der Waals surface area contributed by atoms with E-state index in [1.54, 1.807) is 6.07 Å². The smallest absolute Gasteiger partial charge is 0.267 e. The number of β-amino-alcohol motifs (C(OH)–C–C–N with tert-alkyl or cyclic N) is 1. The summed E-state index contributed by atoms with van der Waals surface area (Å²) in [5.41, 5.74) is 0.592. The van der Waals surface area contributed by atoms with E-state index in [1.807, 2.05) is 20.8 Å². The average Bonchev–Trinajstić information content (AvgIpc) is 2.63. The van der Waals surface area contributed by atoms with Crippen LogP contribution in [0.3, 0.4) is 0 Å². The fourth-order valence-corrected chi connectivity index (χ4v) is 1.96. The lowest BCUT2D eigenvalue weighted by Gasteiger charge is -2.21. The largest absolute Gasteiger partial charge is 0.390 e. The van der Waals surface area contributed by atoms with Crippen LogP contribution in [0.1, 0.15) is 32.5 Å². The van der Waals surface area contributed by atoms with E-state index in [2.05, 4.69) is 10.4 Å². The molecule has 1 aromatic rings. The van der Waals surface area contributed by atoms with Gasteiger partial charge in [0.25, 0.3) is 5.56 Å². The van der Waals surface area contributed by atoms with E-state index in [0.29, 0.717) is 13.1 Å².